The average molecular weight is 618 g/mol. The SMILES string of the molecule is Cc1ccc(NC(=O)[C@H]2CCCN(C(=O)c3c(C)cccc3F)[C@H]2C2C=CC(NC3CCOCC3)=C(F)C2)cc1C(F)(F)F. The summed E-state index contributed by atoms with van der Waals surface area (Å²) in [5, 5.41) is 5.84. The van der Waals surface area contributed by atoms with Crippen molar-refractivity contribution in [3.8, 4) is 0 Å². The Hall–Kier alpha value is -3.73. The number of benzene rings is 2. The summed E-state index contributed by atoms with van der Waals surface area (Å²) in [5.41, 5.74) is -0.241. The molecule has 2 saturated heterocycles. The number of carbonyl (C=O) groups is 2. The summed E-state index contributed by atoms with van der Waals surface area (Å²) >= 11 is 0. The van der Waals surface area contributed by atoms with Gasteiger partial charge in [0.05, 0.1) is 28.8 Å². The van der Waals surface area contributed by atoms with Crippen LogP contribution in [0.4, 0.5) is 27.6 Å². The number of amides is 2. The summed E-state index contributed by atoms with van der Waals surface area (Å²) in [6.45, 7) is 4.33. The fourth-order valence-corrected chi connectivity index (χ4v) is 6.48. The molecule has 3 atom stereocenters. The van der Waals surface area contributed by atoms with Crippen LogP contribution in [0.25, 0.3) is 0 Å². The van der Waals surface area contributed by atoms with Crippen molar-refractivity contribution in [3.05, 3.63) is 88.1 Å². The highest BCUT2D eigenvalue weighted by molar-refractivity contribution is 5.98. The number of hydrogen-bond acceptors (Lipinski definition) is 4. The van der Waals surface area contributed by atoms with Gasteiger partial charge in [-0.2, -0.15) is 13.2 Å². The number of nitrogens with one attached hydrogen (secondary N) is 2. The zero-order valence-corrected chi connectivity index (χ0v) is 24.6. The summed E-state index contributed by atoms with van der Waals surface area (Å²) in [7, 11) is 0. The maximum absolute atomic E-state index is 15.6. The van der Waals surface area contributed by atoms with Gasteiger partial charge in [-0.1, -0.05) is 24.3 Å². The van der Waals surface area contributed by atoms with Crippen molar-refractivity contribution in [1.29, 1.82) is 0 Å². The van der Waals surface area contributed by atoms with Crippen LogP contribution in [0.3, 0.4) is 0 Å². The van der Waals surface area contributed by atoms with E-state index in [1.165, 1.54) is 36.1 Å². The number of halogens is 5. The Kier molecular flexibility index (Phi) is 9.43. The number of allylic oxidation sites excluding steroid dienone is 2. The molecule has 0 bridgehead atoms. The van der Waals surface area contributed by atoms with Gasteiger partial charge in [-0.15, -0.1) is 0 Å². The second-order valence-electron chi connectivity index (χ2n) is 11.8. The van der Waals surface area contributed by atoms with Gasteiger partial charge in [-0.3, -0.25) is 9.59 Å². The average Bonchev–Trinajstić information content (AvgIpc) is 2.98. The summed E-state index contributed by atoms with van der Waals surface area (Å²) in [4.78, 5) is 29.1. The first kappa shape index (κ1) is 31.7. The molecule has 3 aliphatic rings. The molecule has 2 aromatic carbocycles. The van der Waals surface area contributed by atoms with E-state index in [2.05, 4.69) is 10.6 Å². The van der Waals surface area contributed by atoms with Crippen LogP contribution in [0, 0.1) is 31.5 Å². The molecule has 0 spiro atoms. The molecule has 1 aliphatic carbocycles. The molecule has 236 valence electrons. The maximum Gasteiger partial charge on any atom is 0.416 e. The van der Waals surface area contributed by atoms with Crippen molar-refractivity contribution >= 4 is 17.5 Å². The molecule has 44 heavy (non-hydrogen) atoms. The van der Waals surface area contributed by atoms with Crippen molar-refractivity contribution in [1.82, 2.24) is 10.2 Å². The zero-order valence-electron chi connectivity index (χ0n) is 24.6. The van der Waals surface area contributed by atoms with Crippen LogP contribution in [-0.4, -0.2) is 48.6 Å². The van der Waals surface area contributed by atoms with Crippen LogP contribution < -0.4 is 10.6 Å². The third kappa shape index (κ3) is 6.82. The van der Waals surface area contributed by atoms with Crippen LogP contribution in [0.15, 0.2) is 60.1 Å². The van der Waals surface area contributed by atoms with Crippen LogP contribution >= 0.6 is 0 Å². The molecule has 11 heteroatoms. The molecule has 2 N–H and O–H groups in total. The molecule has 0 radical (unpaired) electrons. The minimum absolute atomic E-state index is 0.0165. The van der Waals surface area contributed by atoms with Crippen LogP contribution in [0.1, 0.15) is 59.2 Å². The molecule has 2 aromatic rings. The minimum atomic E-state index is -4.60. The standard InChI is InChI=1S/C33H36F5N3O3/c1-19-8-10-23(18-25(19)33(36,37)38)40-31(42)24-6-4-14-41(32(43)29-20(2)5-3-7-26(29)34)30(24)21-9-11-28(27(35)17-21)39-22-12-15-44-16-13-22/h3,5,7-11,18,21-22,24,30,39H,4,6,12-17H2,1-2H3,(H,40,42)/t21?,24-,30-/m0/s1. The molecular formula is C33H36F5N3O3. The Morgan fingerprint density at radius 1 is 1.00 bits per heavy atom. The number of likely N-dealkylation sites (tertiary alicyclic amines) is 1. The number of hydrogen-bond donors (Lipinski definition) is 2. The van der Waals surface area contributed by atoms with E-state index in [4.69, 9.17) is 4.74 Å². The van der Waals surface area contributed by atoms with E-state index < -0.39 is 53.1 Å². The Morgan fingerprint density at radius 2 is 1.75 bits per heavy atom. The lowest BCUT2D eigenvalue weighted by atomic mass is 9.77. The van der Waals surface area contributed by atoms with E-state index in [0.717, 1.165) is 18.9 Å². The van der Waals surface area contributed by atoms with Gasteiger partial charge in [0.15, 0.2) is 0 Å². The summed E-state index contributed by atoms with van der Waals surface area (Å²) in [5.74, 6) is -3.83. The van der Waals surface area contributed by atoms with Crippen LogP contribution in [-0.2, 0) is 15.7 Å². The minimum Gasteiger partial charge on any atom is -0.381 e. The Balaban J connectivity index is 1.45. The number of aryl methyl sites for hydroxylation is 2. The molecule has 0 saturated carbocycles. The first-order chi connectivity index (χ1) is 20.9. The van der Waals surface area contributed by atoms with Gasteiger partial charge in [-0.25, -0.2) is 8.78 Å². The van der Waals surface area contributed by atoms with Crippen LogP contribution in [0.5, 0.6) is 0 Å². The van der Waals surface area contributed by atoms with Gasteiger partial charge in [0, 0.05) is 43.8 Å². The number of piperidine rings is 1. The number of nitrogens with zero attached hydrogens (tertiary/aromatic N) is 1. The third-order valence-corrected chi connectivity index (χ3v) is 8.77. The highest BCUT2D eigenvalue weighted by atomic mass is 19.4. The highest BCUT2D eigenvalue weighted by Gasteiger charge is 2.44. The lowest BCUT2D eigenvalue weighted by molar-refractivity contribution is -0.138. The van der Waals surface area contributed by atoms with E-state index >= 15 is 4.39 Å². The summed E-state index contributed by atoms with van der Waals surface area (Å²) in [6, 6.07) is 7.05. The van der Waals surface area contributed by atoms with Crippen LogP contribution in [0.2, 0.25) is 0 Å². The third-order valence-electron chi connectivity index (χ3n) is 8.77. The first-order valence-electron chi connectivity index (χ1n) is 14.9. The van der Waals surface area contributed by atoms with Gasteiger partial charge >= 0.3 is 6.18 Å². The van der Waals surface area contributed by atoms with Gasteiger partial charge in [0.1, 0.15) is 11.6 Å². The number of ether oxygens (including phenoxy) is 1. The maximum atomic E-state index is 15.6. The quantitative estimate of drug-likeness (QED) is 0.348. The predicted octanol–water partition coefficient (Wildman–Crippen LogP) is 6.85. The number of anilines is 1. The molecule has 5 rings (SSSR count). The van der Waals surface area contributed by atoms with E-state index in [9.17, 15) is 27.2 Å². The van der Waals surface area contributed by atoms with E-state index in [-0.39, 0.29) is 35.8 Å². The predicted molar refractivity (Wildman–Crippen MR) is 156 cm³/mol. The number of alkyl halides is 3. The highest BCUT2D eigenvalue weighted by Crippen LogP contribution is 2.39. The van der Waals surface area contributed by atoms with Gasteiger partial charge in [-0.05, 0) is 74.9 Å². The summed E-state index contributed by atoms with van der Waals surface area (Å²) < 4.78 is 76.6. The van der Waals surface area contributed by atoms with Gasteiger partial charge < -0.3 is 20.3 Å². The fraction of sp³-hybridized carbons (Fsp3) is 0.455. The van der Waals surface area contributed by atoms with Crippen molar-refractivity contribution in [2.75, 3.05) is 25.1 Å². The van der Waals surface area contributed by atoms with E-state index in [1.807, 2.05) is 0 Å². The molecular weight excluding hydrogens is 581 g/mol. The Bertz CT molecular complexity index is 1440. The normalized spacial score (nSPS) is 23.1. The van der Waals surface area contributed by atoms with Gasteiger partial charge in [0.2, 0.25) is 5.91 Å². The van der Waals surface area contributed by atoms with Gasteiger partial charge in [0.25, 0.3) is 5.91 Å². The lowest BCUT2D eigenvalue weighted by Gasteiger charge is -2.44. The fourth-order valence-electron chi connectivity index (χ4n) is 6.48. The Labute approximate surface area is 253 Å². The van der Waals surface area contributed by atoms with E-state index in [0.29, 0.717) is 37.3 Å². The molecule has 2 heterocycles. The second-order valence-corrected chi connectivity index (χ2v) is 11.8. The molecule has 1 unspecified atom stereocenters. The molecule has 2 aliphatic heterocycles. The lowest BCUT2D eigenvalue weighted by Crippen LogP contribution is -2.55. The molecule has 0 aromatic heterocycles. The smallest absolute Gasteiger partial charge is 0.381 e. The first-order valence-corrected chi connectivity index (χ1v) is 14.9. The summed E-state index contributed by atoms with van der Waals surface area (Å²) in [6.07, 6.45) is 0.873. The van der Waals surface area contributed by atoms with Crippen molar-refractivity contribution in [3.63, 3.8) is 0 Å². The van der Waals surface area contributed by atoms with Crippen molar-refractivity contribution < 1.29 is 36.3 Å². The van der Waals surface area contributed by atoms with Crippen molar-refractivity contribution in [2.45, 2.75) is 64.2 Å². The van der Waals surface area contributed by atoms with Crippen molar-refractivity contribution in [2.24, 2.45) is 11.8 Å². The zero-order chi connectivity index (χ0) is 31.6. The Morgan fingerprint density at radius 3 is 2.43 bits per heavy atom. The van der Waals surface area contributed by atoms with E-state index in [1.54, 1.807) is 25.1 Å². The molecule has 6 nitrogen and oxygen atoms in total. The number of rotatable bonds is 6. The topological polar surface area (TPSA) is 70.7 Å². The monoisotopic (exact) mass is 617 g/mol. The second kappa shape index (κ2) is 13.1. The largest absolute Gasteiger partial charge is 0.416 e. The molecule has 2 fully saturated rings. The number of carbonyl (C=O) groups excluding carboxylic acids is 2. The molecule has 2 amide bonds.